The highest BCUT2D eigenvalue weighted by Crippen LogP contribution is 2.40. The van der Waals surface area contributed by atoms with E-state index in [1.807, 2.05) is 0 Å². The fourth-order valence-corrected chi connectivity index (χ4v) is 4.22. The maximum atomic E-state index is 14.7. The van der Waals surface area contributed by atoms with Crippen LogP contribution in [0.1, 0.15) is 47.4 Å². The Morgan fingerprint density at radius 3 is 2.83 bits per heavy atom. The largest absolute Gasteiger partial charge is 0.393 e. The minimum atomic E-state index is -0.599. The van der Waals surface area contributed by atoms with E-state index in [0.717, 1.165) is 18.7 Å². The van der Waals surface area contributed by atoms with Crippen LogP contribution in [0.2, 0.25) is 0 Å². The van der Waals surface area contributed by atoms with Crippen molar-refractivity contribution in [2.45, 2.75) is 38.2 Å². The van der Waals surface area contributed by atoms with Gasteiger partial charge in [-0.05, 0) is 49.9 Å². The van der Waals surface area contributed by atoms with E-state index in [1.165, 1.54) is 17.4 Å². The van der Waals surface area contributed by atoms with Crippen LogP contribution in [0.3, 0.4) is 0 Å². The van der Waals surface area contributed by atoms with E-state index in [4.69, 9.17) is 5.73 Å². The van der Waals surface area contributed by atoms with Gasteiger partial charge in [-0.3, -0.25) is 4.79 Å². The summed E-state index contributed by atoms with van der Waals surface area (Å²) in [5.41, 5.74) is 6.90. The first-order chi connectivity index (χ1) is 13.9. The number of aliphatic hydroxyl groups excluding tert-OH is 1. The van der Waals surface area contributed by atoms with E-state index in [9.17, 15) is 14.3 Å². The summed E-state index contributed by atoms with van der Waals surface area (Å²) < 4.78 is 14.7. The number of aromatic nitrogens is 2. The summed E-state index contributed by atoms with van der Waals surface area (Å²) >= 11 is 1.24. The molecule has 1 aliphatic carbocycles. The summed E-state index contributed by atoms with van der Waals surface area (Å²) in [6.45, 7) is 1.66. The number of carbonyl (C=O) groups excluding carboxylic acids is 1. The van der Waals surface area contributed by atoms with Crippen LogP contribution in [0.25, 0.3) is 10.4 Å². The molecular weight excluding hydrogens is 391 g/mol. The number of nitrogens with two attached hydrogens (primary N) is 1. The van der Waals surface area contributed by atoms with Crippen LogP contribution in [0.4, 0.5) is 15.2 Å². The highest BCUT2D eigenvalue weighted by molar-refractivity contribution is 7.19. The Morgan fingerprint density at radius 1 is 1.38 bits per heavy atom. The molecule has 0 aliphatic heterocycles. The van der Waals surface area contributed by atoms with E-state index >= 15 is 0 Å². The molecule has 4 N–H and O–H groups in total. The molecule has 8 heteroatoms. The van der Waals surface area contributed by atoms with Crippen LogP contribution in [0.5, 0.6) is 0 Å². The van der Waals surface area contributed by atoms with Gasteiger partial charge in [0.2, 0.25) is 0 Å². The molecule has 0 bridgehead atoms. The van der Waals surface area contributed by atoms with Gasteiger partial charge in [-0.25, -0.2) is 14.4 Å². The summed E-state index contributed by atoms with van der Waals surface area (Å²) in [4.78, 5) is 21.3. The number of amides is 1. The van der Waals surface area contributed by atoms with Gasteiger partial charge < -0.3 is 16.2 Å². The molecule has 1 saturated carbocycles. The smallest absolute Gasteiger partial charge is 0.251 e. The van der Waals surface area contributed by atoms with Crippen molar-refractivity contribution < 1.29 is 14.3 Å². The number of primary amides is 1. The van der Waals surface area contributed by atoms with Gasteiger partial charge in [0, 0.05) is 22.6 Å². The topological polar surface area (TPSA) is 101 Å². The maximum absolute atomic E-state index is 14.7. The fourth-order valence-electron chi connectivity index (χ4n) is 3.12. The van der Waals surface area contributed by atoms with Crippen LogP contribution in [0, 0.1) is 5.82 Å². The Bertz CT molecular complexity index is 1060. The van der Waals surface area contributed by atoms with Crippen molar-refractivity contribution in [1.82, 2.24) is 9.97 Å². The number of hydrogen-bond donors (Lipinski definition) is 3. The SMILES string of the molecule is CC(O)Cc1ccc(-c2cc(C(N)=O)c(Nc3ccnc(C4CC4)n3)s2)c(F)c1. The molecule has 1 unspecified atom stereocenters. The zero-order valence-corrected chi connectivity index (χ0v) is 16.7. The van der Waals surface area contributed by atoms with E-state index in [1.54, 1.807) is 37.4 Å². The second-order valence-electron chi connectivity index (χ2n) is 7.28. The van der Waals surface area contributed by atoms with Gasteiger partial charge in [0.25, 0.3) is 5.91 Å². The van der Waals surface area contributed by atoms with Crippen molar-refractivity contribution in [1.29, 1.82) is 0 Å². The Labute approximate surface area is 171 Å². The third-order valence-electron chi connectivity index (χ3n) is 4.69. The number of halogens is 1. The molecule has 1 aromatic carbocycles. The molecule has 3 aromatic rings. The fraction of sp³-hybridized carbons (Fsp3) is 0.286. The van der Waals surface area contributed by atoms with Crippen molar-refractivity contribution in [2.24, 2.45) is 5.73 Å². The first kappa shape index (κ1) is 19.5. The molecule has 0 radical (unpaired) electrons. The lowest BCUT2D eigenvalue weighted by Crippen LogP contribution is -2.11. The number of aliphatic hydroxyl groups is 1. The number of benzene rings is 1. The van der Waals surface area contributed by atoms with Gasteiger partial charge in [0.15, 0.2) is 0 Å². The third-order valence-corrected chi connectivity index (χ3v) is 5.77. The number of rotatable bonds is 7. The minimum Gasteiger partial charge on any atom is -0.393 e. The van der Waals surface area contributed by atoms with Crippen molar-refractivity contribution in [3.05, 3.63) is 59.3 Å². The van der Waals surface area contributed by atoms with Crippen molar-refractivity contribution in [3.63, 3.8) is 0 Å². The van der Waals surface area contributed by atoms with Gasteiger partial charge in [-0.1, -0.05) is 12.1 Å². The molecule has 6 nitrogen and oxygen atoms in total. The van der Waals surface area contributed by atoms with Gasteiger partial charge in [0.05, 0.1) is 11.7 Å². The maximum Gasteiger partial charge on any atom is 0.251 e. The molecule has 150 valence electrons. The Kier molecular flexibility index (Phi) is 5.29. The standard InChI is InChI=1S/C21H21FN4O2S/c1-11(27)8-12-2-5-14(16(22)9-12)17-10-15(19(23)28)21(29-17)26-18-6-7-24-20(25-18)13-3-4-13/h2,5-7,9-11,13,27H,3-4,8H2,1H3,(H2,23,28)(H,24,25,26). The van der Waals surface area contributed by atoms with Gasteiger partial charge in [-0.2, -0.15) is 0 Å². The highest BCUT2D eigenvalue weighted by Gasteiger charge is 2.26. The van der Waals surface area contributed by atoms with Gasteiger partial charge >= 0.3 is 0 Å². The predicted molar refractivity (Wildman–Crippen MR) is 111 cm³/mol. The quantitative estimate of drug-likeness (QED) is 0.545. The summed E-state index contributed by atoms with van der Waals surface area (Å²) in [5.74, 6) is 0.751. The van der Waals surface area contributed by atoms with E-state index < -0.39 is 17.8 Å². The van der Waals surface area contributed by atoms with E-state index in [2.05, 4.69) is 15.3 Å². The molecule has 1 amide bonds. The second kappa shape index (κ2) is 7.88. The number of carbonyl (C=O) groups is 1. The number of anilines is 2. The molecule has 0 saturated heterocycles. The molecule has 1 atom stereocenters. The van der Waals surface area contributed by atoms with Crippen molar-refractivity contribution >= 4 is 28.1 Å². The second-order valence-corrected chi connectivity index (χ2v) is 8.34. The Morgan fingerprint density at radius 2 is 2.17 bits per heavy atom. The highest BCUT2D eigenvalue weighted by atomic mass is 32.1. The molecule has 4 rings (SSSR count). The minimum absolute atomic E-state index is 0.282. The van der Waals surface area contributed by atoms with Crippen molar-refractivity contribution in [2.75, 3.05) is 5.32 Å². The predicted octanol–water partition coefficient (Wildman–Crippen LogP) is 3.99. The number of hydrogen-bond acceptors (Lipinski definition) is 6. The molecule has 2 aromatic heterocycles. The van der Waals surface area contributed by atoms with Crippen LogP contribution in [-0.4, -0.2) is 27.1 Å². The normalized spacial score (nSPS) is 14.6. The van der Waals surface area contributed by atoms with E-state index in [0.29, 0.717) is 39.2 Å². The zero-order chi connectivity index (χ0) is 20.5. The Hall–Kier alpha value is -2.84. The van der Waals surface area contributed by atoms with Gasteiger partial charge in [0.1, 0.15) is 22.5 Å². The summed E-state index contributed by atoms with van der Waals surface area (Å²) in [7, 11) is 0. The lowest BCUT2D eigenvalue weighted by atomic mass is 10.0. The lowest BCUT2D eigenvalue weighted by molar-refractivity contribution is 0.100. The van der Waals surface area contributed by atoms with Crippen molar-refractivity contribution in [3.8, 4) is 10.4 Å². The zero-order valence-electron chi connectivity index (χ0n) is 15.9. The first-order valence-corrected chi connectivity index (χ1v) is 10.2. The van der Waals surface area contributed by atoms with Crippen LogP contribution in [-0.2, 0) is 6.42 Å². The molecule has 1 aliphatic rings. The lowest BCUT2D eigenvalue weighted by Gasteiger charge is -2.07. The molecule has 0 spiro atoms. The van der Waals surface area contributed by atoms with Gasteiger partial charge in [-0.15, -0.1) is 11.3 Å². The molecule has 29 heavy (non-hydrogen) atoms. The average Bonchev–Trinajstić information content (AvgIpc) is 3.43. The van der Waals surface area contributed by atoms with Crippen LogP contribution < -0.4 is 11.1 Å². The number of nitrogens with one attached hydrogen (secondary N) is 1. The average molecular weight is 412 g/mol. The summed E-state index contributed by atoms with van der Waals surface area (Å²) in [6, 6.07) is 8.15. The third kappa shape index (κ3) is 4.44. The molecular formula is C21H21FN4O2S. The van der Waals surface area contributed by atoms with E-state index in [-0.39, 0.29) is 5.56 Å². The number of nitrogens with zero attached hydrogens (tertiary/aromatic N) is 2. The Balaban J connectivity index is 1.65. The van der Waals surface area contributed by atoms with Crippen LogP contribution in [0.15, 0.2) is 36.5 Å². The van der Waals surface area contributed by atoms with Crippen LogP contribution >= 0.6 is 11.3 Å². The molecule has 1 fully saturated rings. The number of thiophene rings is 1. The summed E-state index contributed by atoms with van der Waals surface area (Å²) in [6.07, 6.45) is 3.68. The summed E-state index contributed by atoms with van der Waals surface area (Å²) in [5, 5.41) is 13.1. The first-order valence-electron chi connectivity index (χ1n) is 9.41. The molecule has 2 heterocycles. The monoisotopic (exact) mass is 412 g/mol.